The maximum atomic E-state index is 11.9. The van der Waals surface area contributed by atoms with E-state index in [1.165, 1.54) is 4.90 Å². The standard InChI is InChI=1S/C14H23NO6/c1-6-10-9(11(16)19-7-2)8-15(10)12(17)20-13(18)21-14(3,4)5/h9-10H,6-8H2,1-5H3. The molecule has 2 atom stereocenters. The van der Waals surface area contributed by atoms with Gasteiger partial charge in [-0.05, 0) is 34.1 Å². The molecule has 1 amide bonds. The summed E-state index contributed by atoms with van der Waals surface area (Å²) in [6.07, 6.45) is -1.26. The summed E-state index contributed by atoms with van der Waals surface area (Å²) >= 11 is 0. The molecule has 1 heterocycles. The first-order valence-corrected chi connectivity index (χ1v) is 7.07. The van der Waals surface area contributed by atoms with E-state index in [4.69, 9.17) is 9.47 Å². The predicted octanol–water partition coefficient (Wildman–Crippen LogP) is 2.33. The Morgan fingerprint density at radius 2 is 1.81 bits per heavy atom. The lowest BCUT2D eigenvalue weighted by Crippen LogP contribution is -2.61. The first-order valence-electron chi connectivity index (χ1n) is 7.07. The fourth-order valence-electron chi connectivity index (χ4n) is 2.14. The Morgan fingerprint density at radius 1 is 1.19 bits per heavy atom. The van der Waals surface area contributed by atoms with E-state index in [1.54, 1.807) is 27.7 Å². The first kappa shape index (κ1) is 17.3. The van der Waals surface area contributed by atoms with Crippen molar-refractivity contribution in [1.82, 2.24) is 4.90 Å². The van der Waals surface area contributed by atoms with Crippen molar-refractivity contribution in [2.24, 2.45) is 5.92 Å². The number of rotatable bonds is 3. The molecule has 7 heteroatoms. The average molecular weight is 301 g/mol. The fourth-order valence-corrected chi connectivity index (χ4v) is 2.14. The highest BCUT2D eigenvalue weighted by molar-refractivity contribution is 5.84. The van der Waals surface area contributed by atoms with E-state index in [0.717, 1.165) is 0 Å². The van der Waals surface area contributed by atoms with E-state index in [9.17, 15) is 14.4 Å². The quantitative estimate of drug-likeness (QED) is 0.588. The molecule has 1 rings (SSSR count). The van der Waals surface area contributed by atoms with E-state index < -0.39 is 17.8 Å². The number of ether oxygens (including phenoxy) is 3. The molecule has 0 bridgehead atoms. The van der Waals surface area contributed by atoms with E-state index in [1.807, 2.05) is 6.92 Å². The van der Waals surface area contributed by atoms with Crippen LogP contribution in [-0.4, -0.2) is 47.9 Å². The minimum absolute atomic E-state index is 0.193. The van der Waals surface area contributed by atoms with Gasteiger partial charge in [0.25, 0.3) is 0 Å². The molecular weight excluding hydrogens is 278 g/mol. The predicted molar refractivity (Wildman–Crippen MR) is 73.6 cm³/mol. The van der Waals surface area contributed by atoms with Gasteiger partial charge >= 0.3 is 18.2 Å². The van der Waals surface area contributed by atoms with Gasteiger partial charge in [-0.3, -0.25) is 4.79 Å². The summed E-state index contributed by atoms with van der Waals surface area (Å²) in [4.78, 5) is 36.3. The topological polar surface area (TPSA) is 82.1 Å². The number of hydrogen-bond donors (Lipinski definition) is 0. The highest BCUT2D eigenvalue weighted by Gasteiger charge is 2.47. The molecule has 0 aliphatic carbocycles. The van der Waals surface area contributed by atoms with Gasteiger partial charge in [-0.15, -0.1) is 0 Å². The van der Waals surface area contributed by atoms with Gasteiger partial charge in [-0.25, -0.2) is 9.59 Å². The van der Waals surface area contributed by atoms with Crippen LogP contribution in [0, 0.1) is 5.92 Å². The molecule has 1 aliphatic heterocycles. The van der Waals surface area contributed by atoms with Crippen molar-refractivity contribution in [3.63, 3.8) is 0 Å². The van der Waals surface area contributed by atoms with E-state index in [-0.39, 0.29) is 24.5 Å². The fraction of sp³-hybridized carbons (Fsp3) is 0.786. The van der Waals surface area contributed by atoms with Crippen LogP contribution in [0.3, 0.4) is 0 Å². The van der Waals surface area contributed by atoms with E-state index in [0.29, 0.717) is 13.0 Å². The Labute approximate surface area is 124 Å². The molecule has 21 heavy (non-hydrogen) atoms. The largest absolute Gasteiger partial charge is 0.517 e. The van der Waals surface area contributed by atoms with Gasteiger partial charge in [0.15, 0.2) is 0 Å². The summed E-state index contributed by atoms with van der Waals surface area (Å²) in [6.45, 7) is 9.10. The van der Waals surface area contributed by atoms with Crippen LogP contribution < -0.4 is 0 Å². The third-order valence-corrected chi connectivity index (χ3v) is 3.06. The van der Waals surface area contributed by atoms with Crippen LogP contribution in [0.5, 0.6) is 0 Å². The Morgan fingerprint density at radius 3 is 2.29 bits per heavy atom. The van der Waals surface area contributed by atoms with Crippen LogP contribution >= 0.6 is 0 Å². The van der Waals surface area contributed by atoms with Gasteiger partial charge in [0.05, 0.1) is 12.5 Å². The smallest absolute Gasteiger partial charge is 0.466 e. The second-order valence-electron chi connectivity index (χ2n) is 5.82. The zero-order chi connectivity index (χ0) is 16.2. The molecule has 7 nitrogen and oxygen atoms in total. The van der Waals surface area contributed by atoms with Gasteiger partial charge in [0.2, 0.25) is 0 Å². The average Bonchev–Trinajstić information content (AvgIpc) is 2.25. The lowest BCUT2D eigenvalue weighted by atomic mass is 9.87. The Kier molecular flexibility index (Phi) is 5.57. The van der Waals surface area contributed by atoms with Crippen molar-refractivity contribution in [1.29, 1.82) is 0 Å². The molecular formula is C14H23NO6. The minimum Gasteiger partial charge on any atom is -0.466 e. The molecule has 0 aromatic carbocycles. The molecule has 1 saturated heterocycles. The van der Waals surface area contributed by atoms with Crippen molar-refractivity contribution < 1.29 is 28.6 Å². The van der Waals surface area contributed by atoms with Crippen molar-refractivity contribution >= 4 is 18.2 Å². The number of carbonyl (C=O) groups is 3. The third-order valence-electron chi connectivity index (χ3n) is 3.06. The second kappa shape index (κ2) is 6.78. The lowest BCUT2D eigenvalue weighted by Gasteiger charge is -2.44. The second-order valence-corrected chi connectivity index (χ2v) is 5.82. The van der Waals surface area contributed by atoms with Gasteiger partial charge < -0.3 is 19.1 Å². The summed E-state index contributed by atoms with van der Waals surface area (Å²) in [5.74, 6) is -0.688. The van der Waals surface area contributed by atoms with Gasteiger partial charge in [0, 0.05) is 12.6 Å². The molecule has 1 aliphatic rings. The number of likely N-dealkylation sites (tertiary alicyclic amines) is 1. The van der Waals surface area contributed by atoms with Crippen LogP contribution in [0.2, 0.25) is 0 Å². The highest BCUT2D eigenvalue weighted by atomic mass is 16.8. The Balaban J connectivity index is 2.53. The Hall–Kier alpha value is -1.79. The zero-order valence-corrected chi connectivity index (χ0v) is 13.2. The monoisotopic (exact) mass is 301 g/mol. The number of esters is 1. The van der Waals surface area contributed by atoms with E-state index in [2.05, 4.69) is 4.74 Å². The van der Waals surface area contributed by atoms with Crippen molar-refractivity contribution in [2.45, 2.75) is 52.7 Å². The molecule has 0 saturated carbocycles. The number of hydrogen-bond acceptors (Lipinski definition) is 6. The molecule has 120 valence electrons. The van der Waals surface area contributed by atoms with Gasteiger partial charge in [0.1, 0.15) is 5.60 Å². The minimum atomic E-state index is -1.04. The van der Waals surface area contributed by atoms with E-state index >= 15 is 0 Å². The summed E-state index contributed by atoms with van der Waals surface area (Å²) in [6, 6.07) is -0.306. The van der Waals surface area contributed by atoms with Crippen LogP contribution in [0.1, 0.15) is 41.0 Å². The molecule has 0 aromatic rings. The maximum absolute atomic E-state index is 11.9. The SMILES string of the molecule is CCOC(=O)C1CN(C(=O)OC(=O)OC(C)(C)C)C1CC. The molecule has 0 spiro atoms. The maximum Gasteiger partial charge on any atom is 0.517 e. The van der Waals surface area contributed by atoms with Crippen molar-refractivity contribution in [3.05, 3.63) is 0 Å². The van der Waals surface area contributed by atoms with Crippen molar-refractivity contribution in [2.75, 3.05) is 13.2 Å². The summed E-state index contributed by atoms with van der Waals surface area (Å²) in [5, 5.41) is 0. The van der Waals surface area contributed by atoms with Gasteiger partial charge in [-0.1, -0.05) is 6.92 Å². The van der Waals surface area contributed by atoms with Crippen LogP contribution in [0.25, 0.3) is 0 Å². The summed E-state index contributed by atoms with van der Waals surface area (Å²) < 4.78 is 14.5. The molecule has 0 N–H and O–H groups in total. The lowest BCUT2D eigenvalue weighted by molar-refractivity contribution is -0.157. The zero-order valence-electron chi connectivity index (χ0n) is 13.2. The molecule has 0 aromatic heterocycles. The van der Waals surface area contributed by atoms with Gasteiger partial charge in [-0.2, -0.15) is 0 Å². The van der Waals surface area contributed by atoms with Crippen LogP contribution in [0.15, 0.2) is 0 Å². The summed E-state index contributed by atoms with van der Waals surface area (Å²) in [7, 11) is 0. The number of nitrogens with zero attached hydrogens (tertiary/aromatic N) is 1. The summed E-state index contributed by atoms with van der Waals surface area (Å²) in [5.41, 5.74) is -0.732. The first-order chi connectivity index (χ1) is 9.69. The van der Waals surface area contributed by atoms with Crippen molar-refractivity contribution in [3.8, 4) is 0 Å². The molecule has 1 fully saturated rings. The number of carbonyl (C=O) groups excluding carboxylic acids is 3. The Bertz CT molecular complexity index is 414. The van der Waals surface area contributed by atoms with Crippen LogP contribution in [0.4, 0.5) is 9.59 Å². The molecule has 0 radical (unpaired) electrons. The molecule has 2 unspecified atom stereocenters. The normalized spacial score (nSPS) is 21.3. The highest BCUT2D eigenvalue weighted by Crippen LogP contribution is 2.29. The third kappa shape index (κ3) is 4.61. The van der Waals surface area contributed by atoms with Crippen LogP contribution in [-0.2, 0) is 19.0 Å². The number of amides is 1.